The molecule has 21 heavy (non-hydrogen) atoms. The second kappa shape index (κ2) is 8.31. The van der Waals surface area contributed by atoms with Crippen LogP contribution < -0.4 is 4.06 Å². The Morgan fingerprint density at radius 2 is 1.38 bits per heavy atom. The van der Waals surface area contributed by atoms with Crippen LogP contribution in [0.3, 0.4) is 0 Å². The number of thioether (sulfide) groups is 2. The minimum absolute atomic E-state index is 0. The van der Waals surface area contributed by atoms with E-state index in [9.17, 15) is 4.79 Å². The van der Waals surface area contributed by atoms with Crippen LogP contribution in [0.25, 0.3) is 0 Å². The first-order chi connectivity index (χ1) is 9.81. The average molecular weight is 406 g/mol. The molecule has 3 aromatic rings. The molecule has 0 fully saturated rings. The van der Waals surface area contributed by atoms with Gasteiger partial charge in [0.1, 0.15) is 11.5 Å². The standard InChI is InChI=1S/C13H10O3S4.Cu/c14-13-19-11(17-7-9-3-1-5-15-9)12(20-13)18-8-10-4-2-6-16-10;/h1-6H,7-8H2;. The van der Waals surface area contributed by atoms with Crippen molar-refractivity contribution < 1.29 is 25.9 Å². The van der Waals surface area contributed by atoms with Gasteiger partial charge in [0.15, 0.2) is 0 Å². The fraction of sp³-hybridized carbons (Fsp3) is 0.154. The fourth-order valence-corrected chi connectivity index (χ4v) is 6.54. The zero-order chi connectivity index (χ0) is 13.8. The van der Waals surface area contributed by atoms with Crippen molar-refractivity contribution in [1.29, 1.82) is 0 Å². The number of hydrogen-bond acceptors (Lipinski definition) is 7. The summed E-state index contributed by atoms with van der Waals surface area (Å²) >= 11 is 5.91. The molecule has 0 amide bonds. The van der Waals surface area contributed by atoms with Crippen molar-refractivity contribution in [2.45, 2.75) is 19.9 Å². The maximum atomic E-state index is 11.6. The molecule has 3 nitrogen and oxygen atoms in total. The molecule has 0 aliphatic carbocycles. The molecule has 115 valence electrons. The first-order valence-corrected chi connectivity index (χ1v) is 9.36. The Kier molecular flexibility index (Phi) is 6.72. The molecule has 0 saturated carbocycles. The van der Waals surface area contributed by atoms with Crippen LogP contribution in [0.15, 0.2) is 58.8 Å². The van der Waals surface area contributed by atoms with E-state index in [1.807, 2.05) is 24.3 Å². The van der Waals surface area contributed by atoms with Crippen molar-refractivity contribution in [1.82, 2.24) is 0 Å². The Hall–Kier alpha value is -0.371. The van der Waals surface area contributed by atoms with Gasteiger partial charge >= 0.3 is 0 Å². The van der Waals surface area contributed by atoms with E-state index in [1.54, 1.807) is 36.1 Å². The summed E-state index contributed by atoms with van der Waals surface area (Å²) in [6.07, 6.45) is 3.33. The first-order valence-electron chi connectivity index (χ1n) is 5.75. The molecule has 0 saturated heterocycles. The van der Waals surface area contributed by atoms with Crippen LogP contribution in [0.5, 0.6) is 0 Å². The SMILES string of the molecule is O=c1sc(SCc2ccco2)c(SCc2ccco2)s1.[Cu]. The monoisotopic (exact) mass is 405 g/mol. The van der Waals surface area contributed by atoms with Gasteiger partial charge in [0, 0.05) is 17.1 Å². The van der Waals surface area contributed by atoms with Crippen molar-refractivity contribution in [3.05, 3.63) is 57.2 Å². The van der Waals surface area contributed by atoms with Crippen LogP contribution in [0.1, 0.15) is 11.5 Å². The fourth-order valence-electron chi connectivity index (χ4n) is 1.50. The van der Waals surface area contributed by atoms with Crippen LogP contribution in [0.4, 0.5) is 0 Å². The topological polar surface area (TPSA) is 43.4 Å². The van der Waals surface area contributed by atoms with Gasteiger partial charge in [-0.1, -0.05) is 22.7 Å². The first kappa shape index (κ1) is 17.0. The molecule has 0 N–H and O–H groups in total. The van der Waals surface area contributed by atoms with Gasteiger partial charge in [-0.05, 0) is 24.3 Å². The third-order valence-electron chi connectivity index (χ3n) is 2.37. The Labute approximate surface area is 148 Å². The average Bonchev–Trinajstić information content (AvgIpc) is 3.16. The van der Waals surface area contributed by atoms with Crippen molar-refractivity contribution in [2.24, 2.45) is 0 Å². The van der Waals surface area contributed by atoms with Gasteiger partial charge < -0.3 is 8.83 Å². The predicted molar refractivity (Wildman–Crippen MR) is 85.0 cm³/mol. The summed E-state index contributed by atoms with van der Waals surface area (Å²) in [5, 5.41) is 0. The molecule has 0 aromatic carbocycles. The molecule has 0 unspecified atom stereocenters. The van der Waals surface area contributed by atoms with Crippen LogP contribution >= 0.6 is 46.2 Å². The minimum atomic E-state index is 0. The molecule has 3 heterocycles. The molecule has 0 aliphatic heterocycles. The van der Waals surface area contributed by atoms with Crippen molar-refractivity contribution >= 4 is 46.2 Å². The third kappa shape index (κ3) is 4.81. The minimum Gasteiger partial charge on any atom is -0.468 e. The summed E-state index contributed by atoms with van der Waals surface area (Å²) in [5.74, 6) is 3.33. The van der Waals surface area contributed by atoms with Gasteiger partial charge in [0.05, 0.1) is 32.5 Å². The van der Waals surface area contributed by atoms with Gasteiger partial charge in [0.2, 0.25) is 0 Å². The van der Waals surface area contributed by atoms with Gasteiger partial charge in [-0.3, -0.25) is 4.79 Å². The van der Waals surface area contributed by atoms with Gasteiger partial charge in [-0.25, -0.2) is 0 Å². The van der Waals surface area contributed by atoms with E-state index < -0.39 is 0 Å². The maximum absolute atomic E-state index is 11.6. The third-order valence-corrected chi connectivity index (χ3v) is 7.50. The summed E-state index contributed by atoms with van der Waals surface area (Å²) in [5.41, 5.74) is 0. The predicted octanol–water partition coefficient (Wildman–Crippen LogP) is 4.94. The van der Waals surface area contributed by atoms with Crippen molar-refractivity contribution in [2.75, 3.05) is 0 Å². The largest absolute Gasteiger partial charge is 0.468 e. The Morgan fingerprint density at radius 3 is 1.76 bits per heavy atom. The molecule has 3 rings (SSSR count). The Bertz CT molecular complexity index is 641. The molecular weight excluding hydrogens is 396 g/mol. The van der Waals surface area contributed by atoms with E-state index in [4.69, 9.17) is 8.83 Å². The van der Waals surface area contributed by atoms with E-state index in [2.05, 4.69) is 0 Å². The summed E-state index contributed by atoms with van der Waals surface area (Å²) in [4.78, 5) is 11.6. The second-order valence-corrected chi connectivity index (χ2v) is 8.48. The quantitative estimate of drug-likeness (QED) is 0.429. The molecule has 1 radical (unpaired) electrons. The Morgan fingerprint density at radius 1 is 0.905 bits per heavy atom. The molecule has 3 aromatic heterocycles. The van der Waals surface area contributed by atoms with Crippen LogP contribution in [-0.2, 0) is 28.6 Å². The maximum Gasteiger partial charge on any atom is 0.289 e. The van der Waals surface area contributed by atoms with Gasteiger partial charge in [-0.2, -0.15) is 0 Å². The second-order valence-electron chi connectivity index (χ2n) is 3.77. The zero-order valence-corrected chi connectivity index (χ0v) is 14.7. The Balaban J connectivity index is 0.00000161. The van der Waals surface area contributed by atoms with E-state index >= 15 is 0 Å². The molecule has 0 atom stereocenters. The normalized spacial score (nSPS) is 10.5. The smallest absolute Gasteiger partial charge is 0.289 e. The van der Waals surface area contributed by atoms with Crippen molar-refractivity contribution in [3.8, 4) is 0 Å². The van der Waals surface area contributed by atoms with Gasteiger partial charge in [-0.15, -0.1) is 23.5 Å². The zero-order valence-electron chi connectivity index (χ0n) is 10.5. The summed E-state index contributed by atoms with van der Waals surface area (Å²) in [6, 6.07) is 7.63. The summed E-state index contributed by atoms with van der Waals surface area (Å²) in [6.45, 7) is 0. The summed E-state index contributed by atoms with van der Waals surface area (Å²) < 4.78 is 12.9. The molecule has 0 bridgehead atoms. The number of furan rings is 2. The van der Waals surface area contributed by atoms with E-state index in [0.717, 1.165) is 31.4 Å². The van der Waals surface area contributed by atoms with E-state index in [0.29, 0.717) is 0 Å². The van der Waals surface area contributed by atoms with E-state index in [1.165, 1.54) is 22.7 Å². The molecule has 0 aliphatic rings. The van der Waals surface area contributed by atoms with Crippen LogP contribution in [0.2, 0.25) is 0 Å². The number of hydrogen-bond donors (Lipinski definition) is 0. The van der Waals surface area contributed by atoms with Crippen LogP contribution in [0, 0.1) is 0 Å². The molecule has 0 spiro atoms. The van der Waals surface area contributed by atoms with Crippen molar-refractivity contribution in [3.63, 3.8) is 0 Å². The van der Waals surface area contributed by atoms with E-state index in [-0.39, 0.29) is 21.1 Å². The molecule has 8 heteroatoms. The van der Waals surface area contributed by atoms with Crippen LogP contribution in [-0.4, -0.2) is 0 Å². The number of rotatable bonds is 6. The molecular formula is C13H10CuO3S4. The summed E-state index contributed by atoms with van der Waals surface area (Å²) in [7, 11) is 0. The van der Waals surface area contributed by atoms with Gasteiger partial charge in [0.25, 0.3) is 4.06 Å².